The minimum absolute atomic E-state index is 0.00391. The Balaban J connectivity index is 1.32. The molecule has 0 N–H and O–H groups in total. The lowest BCUT2D eigenvalue weighted by Crippen LogP contribution is -2.47. The Bertz CT molecular complexity index is 887. The van der Waals surface area contributed by atoms with E-state index < -0.39 is 0 Å². The Hall–Kier alpha value is -2.44. The zero-order valence-electron chi connectivity index (χ0n) is 15.1. The van der Waals surface area contributed by atoms with Gasteiger partial charge in [0.1, 0.15) is 9.98 Å². The fourth-order valence-electron chi connectivity index (χ4n) is 4.65. The van der Waals surface area contributed by atoms with Crippen molar-refractivity contribution in [2.24, 2.45) is 0 Å². The number of rotatable bonds is 2. The molecule has 2 aliphatic heterocycles. The molecule has 0 saturated heterocycles. The third-order valence-electron chi connectivity index (χ3n) is 6.05. The smallest absolute Gasteiger partial charge is 0.259 e. The molecule has 2 heterocycles. The van der Waals surface area contributed by atoms with Gasteiger partial charge in [0, 0.05) is 23.2 Å². The highest BCUT2D eigenvalue weighted by molar-refractivity contribution is 7.81. The topological polar surface area (TPSA) is 40.6 Å². The fraction of sp³-hybridized carbons (Fsp3) is 0.273. The summed E-state index contributed by atoms with van der Waals surface area (Å²) in [5, 5.41) is 0. The maximum Gasteiger partial charge on any atom is 0.259 e. The zero-order valence-corrected chi connectivity index (χ0v) is 16.8. The second-order valence-corrected chi connectivity index (χ2v) is 8.29. The summed E-state index contributed by atoms with van der Waals surface area (Å²) >= 11 is 11.2. The molecule has 1 aliphatic carbocycles. The Morgan fingerprint density at radius 1 is 0.607 bits per heavy atom. The number of hydrogen-bond donors (Lipinski definition) is 0. The van der Waals surface area contributed by atoms with Crippen LogP contribution < -0.4 is 0 Å². The summed E-state index contributed by atoms with van der Waals surface area (Å²) in [6, 6.07) is 15.2. The summed E-state index contributed by atoms with van der Waals surface area (Å²) in [5.41, 5.74) is 3.11. The number of hydrogen-bond acceptors (Lipinski definition) is 4. The van der Waals surface area contributed by atoms with E-state index in [0.29, 0.717) is 21.1 Å². The third-order valence-corrected chi connectivity index (χ3v) is 6.88. The van der Waals surface area contributed by atoms with Gasteiger partial charge in [-0.2, -0.15) is 0 Å². The standard InChI is InChI=1S/C22H18N2O2S2/c25-19-15-5-1-3-7-17(15)21(27)23(19)13-9-11-14(12-10-13)24-20(26)16-6-2-4-8-18(16)22(24)28/h1-8,13-14H,9-12H2. The maximum atomic E-state index is 12.9. The molecular weight excluding hydrogens is 388 g/mol. The Kier molecular flexibility index (Phi) is 4.14. The van der Waals surface area contributed by atoms with Crippen molar-refractivity contribution in [2.75, 3.05) is 0 Å². The van der Waals surface area contributed by atoms with E-state index >= 15 is 0 Å². The summed E-state index contributed by atoms with van der Waals surface area (Å²) in [7, 11) is 0. The van der Waals surface area contributed by atoms with Crippen molar-refractivity contribution in [3.63, 3.8) is 0 Å². The molecule has 0 radical (unpaired) electrons. The van der Waals surface area contributed by atoms with Gasteiger partial charge in [0.05, 0.1) is 11.1 Å². The van der Waals surface area contributed by atoms with E-state index in [1.54, 1.807) is 9.80 Å². The fourth-order valence-corrected chi connectivity index (χ4v) is 5.47. The van der Waals surface area contributed by atoms with E-state index in [1.807, 2.05) is 48.5 Å². The summed E-state index contributed by atoms with van der Waals surface area (Å²) in [6.45, 7) is 0. The van der Waals surface area contributed by atoms with Crippen molar-refractivity contribution in [1.82, 2.24) is 9.80 Å². The number of benzene rings is 2. The van der Waals surface area contributed by atoms with E-state index in [0.717, 1.165) is 36.8 Å². The van der Waals surface area contributed by atoms with Crippen LogP contribution in [0.5, 0.6) is 0 Å². The van der Waals surface area contributed by atoms with Crippen LogP contribution >= 0.6 is 24.4 Å². The van der Waals surface area contributed by atoms with Gasteiger partial charge in [-0.3, -0.25) is 19.4 Å². The van der Waals surface area contributed by atoms with E-state index in [1.165, 1.54) is 0 Å². The van der Waals surface area contributed by atoms with E-state index in [4.69, 9.17) is 24.4 Å². The van der Waals surface area contributed by atoms with Gasteiger partial charge >= 0.3 is 0 Å². The van der Waals surface area contributed by atoms with Crippen molar-refractivity contribution in [1.29, 1.82) is 0 Å². The van der Waals surface area contributed by atoms with Crippen LogP contribution in [-0.4, -0.2) is 43.7 Å². The number of carbonyl (C=O) groups excluding carboxylic acids is 2. The van der Waals surface area contributed by atoms with Crippen molar-refractivity contribution in [3.8, 4) is 0 Å². The van der Waals surface area contributed by atoms with Gasteiger partial charge in [-0.05, 0) is 37.8 Å². The highest BCUT2D eigenvalue weighted by Crippen LogP contribution is 2.35. The number of thiocarbonyl (C=S) groups is 2. The van der Waals surface area contributed by atoms with Gasteiger partial charge in [-0.25, -0.2) is 0 Å². The van der Waals surface area contributed by atoms with Crippen molar-refractivity contribution in [3.05, 3.63) is 70.8 Å². The summed E-state index contributed by atoms with van der Waals surface area (Å²) in [5.74, 6) is 0.00782. The first-order chi connectivity index (χ1) is 13.6. The molecule has 2 amide bonds. The monoisotopic (exact) mass is 406 g/mol. The Morgan fingerprint density at radius 2 is 0.929 bits per heavy atom. The van der Waals surface area contributed by atoms with Gasteiger partial charge in [-0.1, -0.05) is 60.8 Å². The molecule has 1 saturated carbocycles. The van der Waals surface area contributed by atoms with Crippen LogP contribution in [0.2, 0.25) is 0 Å². The zero-order chi connectivity index (χ0) is 19.4. The van der Waals surface area contributed by atoms with Crippen LogP contribution in [-0.2, 0) is 0 Å². The predicted molar refractivity (Wildman–Crippen MR) is 115 cm³/mol. The normalized spacial score (nSPS) is 24.0. The van der Waals surface area contributed by atoms with E-state index in [-0.39, 0.29) is 23.9 Å². The molecule has 3 aliphatic rings. The molecule has 1 fully saturated rings. The molecule has 2 aromatic carbocycles. The van der Waals surface area contributed by atoms with Crippen molar-refractivity contribution < 1.29 is 9.59 Å². The highest BCUT2D eigenvalue weighted by atomic mass is 32.1. The SMILES string of the molecule is O=C1c2ccccc2C(=S)N1C1CCC(N2C(=O)c3ccccc3C2=S)CC1. The van der Waals surface area contributed by atoms with Crippen LogP contribution in [0.4, 0.5) is 0 Å². The molecule has 6 heteroatoms. The van der Waals surface area contributed by atoms with Crippen molar-refractivity contribution in [2.45, 2.75) is 37.8 Å². The number of fused-ring (bicyclic) bond motifs is 2. The summed E-state index contributed by atoms with van der Waals surface area (Å²) < 4.78 is 0. The molecule has 0 aromatic heterocycles. The number of carbonyl (C=O) groups is 2. The van der Waals surface area contributed by atoms with Crippen LogP contribution in [0.3, 0.4) is 0 Å². The molecule has 140 valence electrons. The van der Waals surface area contributed by atoms with Gasteiger partial charge in [0.15, 0.2) is 0 Å². The Morgan fingerprint density at radius 3 is 1.25 bits per heavy atom. The summed E-state index contributed by atoms with van der Waals surface area (Å²) in [6.07, 6.45) is 3.25. The lowest BCUT2D eigenvalue weighted by molar-refractivity contribution is 0.0710. The molecule has 0 bridgehead atoms. The first kappa shape index (κ1) is 17.6. The molecule has 28 heavy (non-hydrogen) atoms. The van der Waals surface area contributed by atoms with Crippen LogP contribution in [0.25, 0.3) is 0 Å². The van der Waals surface area contributed by atoms with Gasteiger partial charge in [0.2, 0.25) is 0 Å². The van der Waals surface area contributed by atoms with Gasteiger partial charge in [-0.15, -0.1) is 0 Å². The average molecular weight is 407 g/mol. The minimum atomic E-state index is 0.00391. The first-order valence-electron chi connectivity index (χ1n) is 9.52. The molecule has 0 spiro atoms. The molecule has 4 nitrogen and oxygen atoms in total. The molecule has 2 aromatic rings. The highest BCUT2D eigenvalue weighted by Gasteiger charge is 2.42. The molecular formula is C22H18N2O2S2. The molecule has 5 rings (SSSR count). The third kappa shape index (κ3) is 2.48. The lowest BCUT2D eigenvalue weighted by Gasteiger charge is -2.37. The van der Waals surface area contributed by atoms with Crippen LogP contribution in [0, 0.1) is 0 Å². The number of amides is 2. The second-order valence-electron chi connectivity index (χ2n) is 7.51. The number of nitrogens with zero attached hydrogens (tertiary/aromatic N) is 2. The lowest BCUT2D eigenvalue weighted by atomic mass is 9.89. The second kappa shape index (κ2) is 6.57. The Labute approximate surface area is 174 Å². The largest absolute Gasteiger partial charge is 0.295 e. The average Bonchev–Trinajstić information content (AvgIpc) is 3.14. The van der Waals surface area contributed by atoms with Gasteiger partial charge in [0.25, 0.3) is 11.8 Å². The predicted octanol–water partition coefficient (Wildman–Crippen LogP) is 3.96. The first-order valence-corrected chi connectivity index (χ1v) is 10.3. The van der Waals surface area contributed by atoms with Crippen molar-refractivity contribution >= 4 is 46.2 Å². The van der Waals surface area contributed by atoms with E-state index in [9.17, 15) is 9.59 Å². The van der Waals surface area contributed by atoms with E-state index in [2.05, 4.69) is 0 Å². The van der Waals surface area contributed by atoms with Gasteiger partial charge < -0.3 is 0 Å². The summed E-state index contributed by atoms with van der Waals surface area (Å²) in [4.78, 5) is 30.5. The van der Waals surface area contributed by atoms with Crippen LogP contribution in [0.15, 0.2) is 48.5 Å². The molecule has 0 atom stereocenters. The molecule has 0 unspecified atom stereocenters. The quantitative estimate of drug-likeness (QED) is 0.708. The van der Waals surface area contributed by atoms with Crippen LogP contribution in [0.1, 0.15) is 57.5 Å². The minimum Gasteiger partial charge on any atom is -0.295 e. The maximum absolute atomic E-state index is 12.9.